The number of hydrogen-bond acceptors (Lipinski definition) is 4. The fourth-order valence-corrected chi connectivity index (χ4v) is 2.46. The molecule has 3 N–H and O–H groups in total. The van der Waals surface area contributed by atoms with Crippen molar-refractivity contribution in [2.24, 2.45) is 0 Å². The lowest BCUT2D eigenvalue weighted by molar-refractivity contribution is 0.0696. The molecule has 24 heavy (non-hydrogen) atoms. The van der Waals surface area contributed by atoms with E-state index in [0.29, 0.717) is 21.5 Å². The largest absolute Gasteiger partial charge is 0.496 e. The normalized spacial score (nSPS) is 9.92. The summed E-state index contributed by atoms with van der Waals surface area (Å²) in [6, 6.07) is 11.2. The summed E-state index contributed by atoms with van der Waals surface area (Å²) >= 11 is 8.40. The first-order valence-corrected chi connectivity index (χ1v) is 7.90. The van der Waals surface area contributed by atoms with Gasteiger partial charge < -0.3 is 15.2 Å². The smallest absolute Gasteiger partial charge is 0.335 e. The maximum absolute atomic E-state index is 12.3. The van der Waals surface area contributed by atoms with Crippen LogP contribution in [-0.2, 0) is 0 Å². The van der Waals surface area contributed by atoms with Crippen LogP contribution in [0.2, 0.25) is 0 Å². The van der Waals surface area contributed by atoms with Gasteiger partial charge in [0.25, 0.3) is 5.91 Å². The van der Waals surface area contributed by atoms with Crippen LogP contribution in [0.1, 0.15) is 20.7 Å². The Morgan fingerprint density at radius 3 is 2.58 bits per heavy atom. The van der Waals surface area contributed by atoms with Crippen molar-refractivity contribution >= 4 is 50.8 Å². The molecule has 0 aliphatic rings. The fourth-order valence-electron chi connectivity index (χ4n) is 1.91. The maximum atomic E-state index is 12.3. The molecule has 2 aromatic carbocycles. The topological polar surface area (TPSA) is 87.7 Å². The Kier molecular flexibility index (Phi) is 5.88. The van der Waals surface area contributed by atoms with Crippen molar-refractivity contribution in [2.45, 2.75) is 0 Å². The molecule has 124 valence electrons. The second-order valence-electron chi connectivity index (χ2n) is 4.61. The molecule has 0 atom stereocenters. The molecule has 2 aromatic rings. The molecule has 2 rings (SSSR count). The predicted molar refractivity (Wildman–Crippen MR) is 97.8 cm³/mol. The number of amides is 1. The minimum atomic E-state index is -1.06. The van der Waals surface area contributed by atoms with Crippen molar-refractivity contribution < 1.29 is 19.4 Å². The Balaban J connectivity index is 2.12. The van der Waals surface area contributed by atoms with Crippen molar-refractivity contribution in [2.75, 3.05) is 12.4 Å². The van der Waals surface area contributed by atoms with Gasteiger partial charge in [-0.3, -0.25) is 10.1 Å². The molecular formula is C16H13BrN2O4S. The van der Waals surface area contributed by atoms with E-state index in [1.165, 1.54) is 19.2 Å². The maximum Gasteiger partial charge on any atom is 0.335 e. The van der Waals surface area contributed by atoms with E-state index < -0.39 is 11.9 Å². The van der Waals surface area contributed by atoms with E-state index in [4.69, 9.17) is 22.1 Å². The number of ether oxygens (including phenoxy) is 1. The van der Waals surface area contributed by atoms with Gasteiger partial charge in [0, 0.05) is 4.47 Å². The molecule has 0 fully saturated rings. The van der Waals surface area contributed by atoms with Crippen molar-refractivity contribution in [1.82, 2.24) is 5.32 Å². The number of rotatable bonds is 4. The lowest BCUT2D eigenvalue weighted by atomic mass is 10.2. The van der Waals surface area contributed by atoms with E-state index in [0.717, 1.165) is 0 Å². The highest BCUT2D eigenvalue weighted by atomic mass is 79.9. The molecule has 0 unspecified atom stereocenters. The summed E-state index contributed by atoms with van der Waals surface area (Å²) in [5.41, 5.74) is 0.863. The van der Waals surface area contributed by atoms with Crippen molar-refractivity contribution in [3.63, 3.8) is 0 Å². The third kappa shape index (κ3) is 4.30. The molecule has 0 spiro atoms. The van der Waals surface area contributed by atoms with E-state index in [1.54, 1.807) is 30.3 Å². The second-order valence-corrected chi connectivity index (χ2v) is 5.87. The highest BCUT2D eigenvalue weighted by Gasteiger charge is 2.14. The standard InChI is InChI=1S/C16H13BrN2O4S/c1-23-13-5-3-2-4-10(13)14(20)19-16(24)18-12-8-9(15(21)22)6-7-11(12)17/h2-8H,1H3,(H,21,22)(H2,18,19,20,24). The number of carboxylic acids is 1. The molecule has 0 radical (unpaired) electrons. The van der Waals surface area contributed by atoms with Crippen LogP contribution in [0.5, 0.6) is 5.75 Å². The zero-order valence-electron chi connectivity index (χ0n) is 12.5. The van der Waals surface area contributed by atoms with Gasteiger partial charge in [0.2, 0.25) is 0 Å². The third-order valence-electron chi connectivity index (χ3n) is 3.04. The van der Waals surface area contributed by atoms with E-state index in [1.807, 2.05) is 0 Å². The number of anilines is 1. The Morgan fingerprint density at radius 2 is 1.92 bits per heavy atom. The first-order valence-electron chi connectivity index (χ1n) is 6.70. The first kappa shape index (κ1) is 17.9. The van der Waals surface area contributed by atoms with Crippen LogP contribution in [0.15, 0.2) is 46.9 Å². The molecule has 6 nitrogen and oxygen atoms in total. The van der Waals surface area contributed by atoms with Crippen LogP contribution < -0.4 is 15.4 Å². The van der Waals surface area contributed by atoms with Crippen LogP contribution in [0.4, 0.5) is 5.69 Å². The van der Waals surface area contributed by atoms with Gasteiger partial charge in [-0.25, -0.2) is 4.79 Å². The number of thiocarbonyl (C=S) groups is 1. The highest BCUT2D eigenvalue weighted by molar-refractivity contribution is 9.10. The quantitative estimate of drug-likeness (QED) is 0.672. The summed E-state index contributed by atoms with van der Waals surface area (Å²) in [6.07, 6.45) is 0. The number of carbonyl (C=O) groups excluding carboxylic acids is 1. The molecule has 0 heterocycles. The number of halogens is 1. The minimum Gasteiger partial charge on any atom is -0.496 e. The van der Waals surface area contributed by atoms with Gasteiger partial charge in [-0.2, -0.15) is 0 Å². The molecular weight excluding hydrogens is 396 g/mol. The Labute approximate surface area is 152 Å². The molecule has 0 aromatic heterocycles. The van der Waals surface area contributed by atoms with E-state index >= 15 is 0 Å². The average Bonchev–Trinajstić information content (AvgIpc) is 2.56. The summed E-state index contributed by atoms with van der Waals surface area (Å²) in [6.45, 7) is 0. The Hall–Kier alpha value is -2.45. The van der Waals surface area contributed by atoms with Crippen LogP contribution in [0, 0.1) is 0 Å². The van der Waals surface area contributed by atoms with Crippen molar-refractivity contribution in [3.8, 4) is 5.75 Å². The number of hydrogen-bond donors (Lipinski definition) is 3. The lowest BCUT2D eigenvalue weighted by Gasteiger charge is -2.13. The van der Waals surface area contributed by atoms with Crippen LogP contribution in [0.25, 0.3) is 0 Å². The monoisotopic (exact) mass is 408 g/mol. The Bertz CT molecular complexity index is 810. The molecule has 0 saturated heterocycles. The van der Waals surface area contributed by atoms with Gasteiger partial charge in [0.05, 0.1) is 23.9 Å². The van der Waals surface area contributed by atoms with Gasteiger partial charge in [-0.1, -0.05) is 12.1 Å². The first-order chi connectivity index (χ1) is 11.4. The average molecular weight is 409 g/mol. The molecule has 0 aliphatic heterocycles. The zero-order chi connectivity index (χ0) is 17.7. The number of methoxy groups -OCH3 is 1. The summed E-state index contributed by atoms with van der Waals surface area (Å²) in [4.78, 5) is 23.3. The van der Waals surface area contributed by atoms with Gasteiger partial charge in [-0.05, 0) is 58.5 Å². The van der Waals surface area contributed by atoms with Gasteiger partial charge in [0.15, 0.2) is 5.11 Å². The van der Waals surface area contributed by atoms with E-state index in [9.17, 15) is 9.59 Å². The van der Waals surface area contributed by atoms with Gasteiger partial charge >= 0.3 is 5.97 Å². The van der Waals surface area contributed by atoms with Crippen molar-refractivity contribution in [1.29, 1.82) is 0 Å². The zero-order valence-corrected chi connectivity index (χ0v) is 14.9. The molecule has 1 amide bonds. The van der Waals surface area contributed by atoms with Crippen molar-refractivity contribution in [3.05, 3.63) is 58.1 Å². The van der Waals surface area contributed by atoms with E-state index in [-0.39, 0.29) is 10.7 Å². The van der Waals surface area contributed by atoms with Crippen LogP contribution in [-0.4, -0.2) is 29.2 Å². The predicted octanol–water partition coefficient (Wildman–Crippen LogP) is 3.28. The van der Waals surface area contributed by atoms with Crippen LogP contribution in [0.3, 0.4) is 0 Å². The lowest BCUT2D eigenvalue weighted by Crippen LogP contribution is -2.34. The number of benzene rings is 2. The SMILES string of the molecule is COc1ccccc1C(=O)NC(=S)Nc1cc(C(=O)O)ccc1Br. The summed E-state index contributed by atoms with van der Waals surface area (Å²) in [5.74, 6) is -1.07. The Morgan fingerprint density at radius 1 is 1.21 bits per heavy atom. The highest BCUT2D eigenvalue weighted by Crippen LogP contribution is 2.24. The third-order valence-corrected chi connectivity index (χ3v) is 3.94. The fraction of sp³-hybridized carbons (Fsp3) is 0.0625. The molecule has 0 bridgehead atoms. The number of carboxylic acid groups (broad SMARTS) is 1. The minimum absolute atomic E-state index is 0.0362. The number of carbonyl (C=O) groups is 2. The number of para-hydroxylation sites is 1. The van der Waals surface area contributed by atoms with Crippen LogP contribution >= 0.6 is 28.1 Å². The molecule has 0 saturated carbocycles. The molecule has 8 heteroatoms. The second kappa shape index (κ2) is 7.89. The molecule has 0 aliphatic carbocycles. The van der Waals surface area contributed by atoms with E-state index in [2.05, 4.69) is 26.6 Å². The van der Waals surface area contributed by atoms with Gasteiger partial charge in [-0.15, -0.1) is 0 Å². The number of aromatic carboxylic acids is 1. The summed E-state index contributed by atoms with van der Waals surface area (Å²) in [5, 5.41) is 14.4. The number of nitrogens with one attached hydrogen (secondary N) is 2. The van der Waals surface area contributed by atoms with Gasteiger partial charge in [0.1, 0.15) is 5.75 Å². The summed E-state index contributed by atoms with van der Waals surface area (Å²) in [7, 11) is 1.47. The summed E-state index contributed by atoms with van der Waals surface area (Å²) < 4.78 is 5.74.